The SMILES string of the molecule is C[C](C)(C)[Sn]([C](C)(C)C)([C](C)(C)C)[C](C)(C)C. The summed E-state index contributed by atoms with van der Waals surface area (Å²) in [5, 5.41) is 0. The Kier molecular flexibility index (Phi) is 4.63. The first-order valence-electron chi connectivity index (χ1n) is 7.00. The van der Waals surface area contributed by atoms with Gasteiger partial charge in [0, 0.05) is 0 Å². The van der Waals surface area contributed by atoms with Gasteiger partial charge in [0.1, 0.15) is 0 Å². The summed E-state index contributed by atoms with van der Waals surface area (Å²) in [7, 11) is 0. The van der Waals surface area contributed by atoms with Crippen molar-refractivity contribution in [3.05, 3.63) is 0 Å². The standard InChI is InChI=1S/4C4H9.Sn/c4*1-4(2)3;/h4*1-3H3;. The predicted molar refractivity (Wildman–Crippen MR) is 84.6 cm³/mol. The van der Waals surface area contributed by atoms with Gasteiger partial charge in [0.15, 0.2) is 0 Å². The van der Waals surface area contributed by atoms with Crippen molar-refractivity contribution in [1.82, 2.24) is 0 Å². The molecule has 0 N–H and O–H groups in total. The molecule has 0 fully saturated rings. The first-order valence-corrected chi connectivity index (χ1v) is 12.7. The van der Waals surface area contributed by atoms with Crippen LogP contribution >= 0.6 is 0 Å². The van der Waals surface area contributed by atoms with E-state index in [4.69, 9.17) is 0 Å². The van der Waals surface area contributed by atoms with Gasteiger partial charge in [-0.15, -0.1) is 0 Å². The van der Waals surface area contributed by atoms with Gasteiger partial charge in [-0.05, 0) is 0 Å². The Bertz CT molecular complexity index is 198. The molecule has 0 aromatic carbocycles. The van der Waals surface area contributed by atoms with Crippen molar-refractivity contribution in [3.8, 4) is 0 Å². The van der Waals surface area contributed by atoms with E-state index in [2.05, 4.69) is 83.1 Å². The second-order valence-corrected chi connectivity index (χ2v) is 31.2. The Morgan fingerprint density at radius 1 is 0.353 bits per heavy atom. The van der Waals surface area contributed by atoms with Crippen molar-refractivity contribution in [1.29, 1.82) is 0 Å². The van der Waals surface area contributed by atoms with Crippen LogP contribution in [-0.2, 0) is 0 Å². The first-order chi connectivity index (χ1) is 7.00. The van der Waals surface area contributed by atoms with Gasteiger partial charge in [0.2, 0.25) is 0 Å². The Morgan fingerprint density at radius 2 is 0.471 bits per heavy atom. The van der Waals surface area contributed by atoms with Gasteiger partial charge >= 0.3 is 115 Å². The van der Waals surface area contributed by atoms with E-state index in [1.54, 1.807) is 0 Å². The summed E-state index contributed by atoms with van der Waals surface area (Å²) in [6, 6.07) is 0. The van der Waals surface area contributed by atoms with E-state index >= 15 is 0 Å². The fourth-order valence-corrected chi connectivity index (χ4v) is 45.3. The average Bonchev–Trinajstić information content (AvgIpc) is 1.67. The molecule has 0 rings (SSSR count). The zero-order valence-electron chi connectivity index (χ0n) is 14.5. The summed E-state index contributed by atoms with van der Waals surface area (Å²) < 4.78 is 1.90. The fraction of sp³-hybridized carbons (Fsp3) is 1.00. The van der Waals surface area contributed by atoms with Gasteiger partial charge < -0.3 is 0 Å². The van der Waals surface area contributed by atoms with Crippen LogP contribution < -0.4 is 0 Å². The van der Waals surface area contributed by atoms with Crippen LogP contribution in [0.5, 0.6) is 0 Å². The van der Waals surface area contributed by atoms with E-state index in [0.717, 1.165) is 0 Å². The van der Waals surface area contributed by atoms with Crippen molar-refractivity contribution < 1.29 is 0 Å². The average molecular weight is 347 g/mol. The fourth-order valence-electron chi connectivity index (χ4n) is 6.75. The van der Waals surface area contributed by atoms with E-state index in [1.165, 1.54) is 0 Å². The van der Waals surface area contributed by atoms with Crippen LogP contribution in [0.4, 0.5) is 0 Å². The van der Waals surface area contributed by atoms with E-state index < -0.39 is 18.4 Å². The Balaban J connectivity index is 6.37. The van der Waals surface area contributed by atoms with E-state index in [1.807, 2.05) is 0 Å². The Morgan fingerprint density at radius 3 is 0.471 bits per heavy atom. The molecule has 0 saturated heterocycles. The third kappa shape index (κ3) is 2.72. The van der Waals surface area contributed by atoms with E-state index in [9.17, 15) is 0 Å². The molecule has 0 atom stereocenters. The molecule has 0 radical (unpaired) electrons. The molecular weight excluding hydrogens is 311 g/mol. The van der Waals surface area contributed by atoms with E-state index in [0.29, 0.717) is 13.7 Å². The molecule has 0 aromatic rings. The van der Waals surface area contributed by atoms with Gasteiger partial charge in [-0.2, -0.15) is 0 Å². The van der Waals surface area contributed by atoms with Gasteiger partial charge in [-0.25, -0.2) is 0 Å². The predicted octanol–water partition coefficient (Wildman–Crippen LogP) is 6.64. The number of hydrogen-bond acceptors (Lipinski definition) is 0. The monoisotopic (exact) mass is 348 g/mol. The van der Waals surface area contributed by atoms with Crippen molar-refractivity contribution in [3.63, 3.8) is 0 Å². The summed E-state index contributed by atoms with van der Waals surface area (Å²) in [4.78, 5) is 0. The van der Waals surface area contributed by atoms with Crippen molar-refractivity contribution >= 4 is 18.4 Å². The summed E-state index contributed by atoms with van der Waals surface area (Å²) in [5.74, 6) is 0. The first kappa shape index (κ1) is 17.8. The Labute approximate surface area is 115 Å². The van der Waals surface area contributed by atoms with E-state index in [-0.39, 0.29) is 0 Å². The molecule has 104 valence electrons. The third-order valence-corrected chi connectivity index (χ3v) is 30.2. The minimum absolute atomic E-state index is 0.476. The van der Waals surface area contributed by atoms with Crippen LogP contribution in [-0.4, -0.2) is 18.4 Å². The van der Waals surface area contributed by atoms with Gasteiger partial charge in [-0.3, -0.25) is 0 Å². The summed E-state index contributed by atoms with van der Waals surface area (Å²) in [6.07, 6.45) is 0. The molecular formula is C16H36Sn. The topological polar surface area (TPSA) is 0 Å². The number of rotatable bonds is 0. The van der Waals surface area contributed by atoms with Crippen LogP contribution in [0, 0.1) is 0 Å². The second kappa shape index (κ2) is 4.42. The van der Waals surface area contributed by atoms with Gasteiger partial charge in [0.05, 0.1) is 0 Å². The Hall–Kier alpha value is 0.799. The molecule has 0 aliphatic rings. The molecule has 0 saturated carbocycles. The molecule has 0 aliphatic carbocycles. The molecule has 0 aromatic heterocycles. The second-order valence-electron chi connectivity index (χ2n) is 9.75. The maximum absolute atomic E-state index is 2.55. The molecule has 0 unspecified atom stereocenters. The van der Waals surface area contributed by atoms with Crippen LogP contribution in [0.25, 0.3) is 0 Å². The summed E-state index contributed by atoms with van der Waals surface area (Å²) >= 11 is -2.55. The minimum atomic E-state index is -2.55. The molecule has 0 amide bonds. The quantitative estimate of drug-likeness (QED) is 0.431. The molecule has 0 spiro atoms. The zero-order valence-corrected chi connectivity index (χ0v) is 17.4. The molecule has 0 aliphatic heterocycles. The normalized spacial score (nSPS) is 16.2. The summed E-state index contributed by atoms with van der Waals surface area (Å²) in [5.41, 5.74) is 0. The molecule has 17 heavy (non-hydrogen) atoms. The summed E-state index contributed by atoms with van der Waals surface area (Å²) in [6.45, 7) is 30.1. The molecule has 0 bridgehead atoms. The zero-order chi connectivity index (χ0) is 14.5. The van der Waals surface area contributed by atoms with Crippen LogP contribution in [0.1, 0.15) is 83.1 Å². The maximum atomic E-state index is 2.50. The third-order valence-electron chi connectivity index (χ3n) is 4.50. The van der Waals surface area contributed by atoms with Gasteiger partial charge in [-0.1, -0.05) is 0 Å². The molecule has 1 heteroatoms. The van der Waals surface area contributed by atoms with Crippen LogP contribution in [0.2, 0.25) is 13.7 Å². The van der Waals surface area contributed by atoms with Crippen LogP contribution in [0.15, 0.2) is 0 Å². The molecule has 0 heterocycles. The number of hydrogen-bond donors (Lipinski definition) is 0. The van der Waals surface area contributed by atoms with Crippen molar-refractivity contribution in [2.24, 2.45) is 0 Å². The molecule has 0 nitrogen and oxygen atoms in total. The van der Waals surface area contributed by atoms with Crippen LogP contribution in [0.3, 0.4) is 0 Å². The van der Waals surface area contributed by atoms with Crippen molar-refractivity contribution in [2.75, 3.05) is 0 Å². The van der Waals surface area contributed by atoms with Gasteiger partial charge in [0.25, 0.3) is 0 Å². The van der Waals surface area contributed by atoms with Crippen molar-refractivity contribution in [2.45, 2.75) is 96.8 Å².